The second-order valence-electron chi connectivity index (χ2n) is 4.44. The van der Waals surface area contributed by atoms with Crippen LogP contribution in [-0.4, -0.2) is 30.4 Å². The Labute approximate surface area is 121 Å². The van der Waals surface area contributed by atoms with Crippen molar-refractivity contribution in [3.05, 3.63) is 20.8 Å². The summed E-state index contributed by atoms with van der Waals surface area (Å²) in [5.41, 5.74) is 0.661. The molecule has 0 saturated heterocycles. The second-order valence-corrected chi connectivity index (χ2v) is 6.73. The molecule has 0 aliphatic carbocycles. The first-order chi connectivity index (χ1) is 7.33. The summed E-state index contributed by atoms with van der Waals surface area (Å²) in [7, 11) is 3.54. The van der Waals surface area contributed by atoms with Gasteiger partial charge in [-0.05, 0) is 46.8 Å². The van der Waals surface area contributed by atoms with E-state index < -0.39 is 5.54 Å². The van der Waals surface area contributed by atoms with Crippen molar-refractivity contribution in [1.29, 1.82) is 0 Å². The van der Waals surface area contributed by atoms with Crippen molar-refractivity contribution in [2.45, 2.75) is 25.9 Å². The topological polar surface area (TPSA) is 32.3 Å². The van der Waals surface area contributed by atoms with E-state index in [2.05, 4.69) is 32.7 Å². The Bertz CT molecular complexity index is 379. The molecular formula is C11H18BrClN2OS. The van der Waals surface area contributed by atoms with Gasteiger partial charge in [0.15, 0.2) is 0 Å². The van der Waals surface area contributed by atoms with E-state index in [1.807, 2.05) is 13.8 Å². The summed E-state index contributed by atoms with van der Waals surface area (Å²) in [5, 5.41) is 5.34. The first-order valence-electron chi connectivity index (χ1n) is 5.02. The maximum absolute atomic E-state index is 11.8. The van der Waals surface area contributed by atoms with Gasteiger partial charge in [0.25, 0.3) is 0 Å². The van der Waals surface area contributed by atoms with Crippen molar-refractivity contribution in [2.75, 3.05) is 14.1 Å². The number of halogens is 2. The first-order valence-corrected chi connectivity index (χ1v) is 6.70. The van der Waals surface area contributed by atoms with Crippen LogP contribution in [0.1, 0.15) is 19.4 Å². The van der Waals surface area contributed by atoms with Gasteiger partial charge in [0, 0.05) is 20.6 Å². The van der Waals surface area contributed by atoms with E-state index in [9.17, 15) is 4.79 Å². The van der Waals surface area contributed by atoms with Gasteiger partial charge in [0.05, 0.1) is 9.33 Å². The number of amides is 1. The summed E-state index contributed by atoms with van der Waals surface area (Å²) in [4.78, 5) is 13.5. The molecule has 98 valence electrons. The molecule has 0 atom stereocenters. The van der Waals surface area contributed by atoms with Crippen molar-refractivity contribution in [2.24, 2.45) is 0 Å². The van der Waals surface area contributed by atoms with E-state index in [0.717, 1.165) is 3.79 Å². The summed E-state index contributed by atoms with van der Waals surface area (Å²) in [6.45, 7) is 4.50. The maximum Gasteiger partial charge on any atom is 0.241 e. The zero-order valence-electron chi connectivity index (χ0n) is 10.4. The van der Waals surface area contributed by atoms with Gasteiger partial charge >= 0.3 is 0 Å². The van der Waals surface area contributed by atoms with Gasteiger partial charge in [-0.3, -0.25) is 10.1 Å². The summed E-state index contributed by atoms with van der Waals surface area (Å²) >= 11 is 5.07. The Morgan fingerprint density at radius 2 is 2.12 bits per heavy atom. The van der Waals surface area contributed by atoms with Crippen LogP contribution in [0.3, 0.4) is 0 Å². The number of carbonyl (C=O) groups is 1. The second kappa shape index (κ2) is 6.73. The molecule has 0 spiro atoms. The summed E-state index contributed by atoms with van der Waals surface area (Å²) in [6.07, 6.45) is 0. The highest BCUT2D eigenvalue weighted by atomic mass is 79.9. The Balaban J connectivity index is 0.00000256. The van der Waals surface area contributed by atoms with Gasteiger partial charge in [-0.2, -0.15) is 0 Å². The summed E-state index contributed by atoms with van der Waals surface area (Å²) in [6, 6.07) is 2.06. The lowest BCUT2D eigenvalue weighted by Gasteiger charge is -2.28. The molecule has 1 aromatic rings. The molecule has 0 unspecified atom stereocenters. The number of nitrogens with one attached hydrogen (secondary N) is 1. The first kappa shape index (κ1) is 16.9. The van der Waals surface area contributed by atoms with Crippen molar-refractivity contribution in [3.63, 3.8) is 0 Å². The number of carbonyl (C=O) groups excluding carboxylic acids is 1. The van der Waals surface area contributed by atoms with Gasteiger partial charge in [0.1, 0.15) is 0 Å². The smallest absolute Gasteiger partial charge is 0.241 e. The molecule has 3 nitrogen and oxygen atoms in total. The van der Waals surface area contributed by atoms with Crippen molar-refractivity contribution >= 4 is 45.6 Å². The zero-order chi connectivity index (χ0) is 12.3. The van der Waals surface area contributed by atoms with Gasteiger partial charge < -0.3 is 4.90 Å². The monoisotopic (exact) mass is 340 g/mol. The summed E-state index contributed by atoms with van der Waals surface area (Å²) < 4.78 is 1.11. The molecule has 1 heterocycles. The minimum atomic E-state index is -0.530. The van der Waals surface area contributed by atoms with Crippen molar-refractivity contribution < 1.29 is 4.79 Å². The van der Waals surface area contributed by atoms with Crippen molar-refractivity contribution in [1.82, 2.24) is 10.2 Å². The molecule has 1 rings (SSSR count). The third-order valence-corrected chi connectivity index (χ3v) is 3.85. The fraction of sp³-hybridized carbons (Fsp3) is 0.545. The average molecular weight is 342 g/mol. The third kappa shape index (κ3) is 4.95. The number of hydrogen-bond donors (Lipinski definition) is 1. The molecule has 1 amide bonds. The molecular weight excluding hydrogens is 324 g/mol. The van der Waals surface area contributed by atoms with E-state index in [1.165, 1.54) is 5.56 Å². The normalized spacial score (nSPS) is 10.9. The predicted molar refractivity (Wildman–Crippen MR) is 78.9 cm³/mol. The maximum atomic E-state index is 11.8. The van der Waals surface area contributed by atoms with Crippen LogP contribution in [0.2, 0.25) is 0 Å². The highest BCUT2D eigenvalue weighted by Crippen LogP contribution is 2.21. The van der Waals surface area contributed by atoms with Crippen LogP contribution < -0.4 is 5.32 Å². The van der Waals surface area contributed by atoms with E-state index in [1.54, 1.807) is 30.3 Å². The van der Waals surface area contributed by atoms with Crippen LogP contribution in [0.25, 0.3) is 0 Å². The Morgan fingerprint density at radius 1 is 1.53 bits per heavy atom. The molecule has 17 heavy (non-hydrogen) atoms. The van der Waals surface area contributed by atoms with E-state index in [-0.39, 0.29) is 18.3 Å². The number of hydrogen-bond acceptors (Lipinski definition) is 3. The molecule has 0 aromatic carbocycles. The zero-order valence-corrected chi connectivity index (χ0v) is 13.6. The van der Waals surface area contributed by atoms with Gasteiger partial charge in [0.2, 0.25) is 5.91 Å². The lowest BCUT2D eigenvalue weighted by molar-refractivity contribution is -0.134. The van der Waals surface area contributed by atoms with Gasteiger partial charge in [-0.15, -0.1) is 23.7 Å². The lowest BCUT2D eigenvalue weighted by Crippen LogP contribution is -2.51. The third-order valence-electron chi connectivity index (χ3n) is 2.30. The SMILES string of the molecule is CN(C)C(=O)C(C)(C)NCc1csc(Br)c1.Cl. The molecule has 1 N–H and O–H groups in total. The quantitative estimate of drug-likeness (QED) is 0.913. The van der Waals surface area contributed by atoms with Crippen molar-refractivity contribution in [3.8, 4) is 0 Å². The fourth-order valence-corrected chi connectivity index (χ4v) is 2.61. The number of thiophene rings is 1. The van der Waals surface area contributed by atoms with Crippen LogP contribution in [-0.2, 0) is 11.3 Å². The average Bonchev–Trinajstić information content (AvgIpc) is 2.60. The van der Waals surface area contributed by atoms with Crippen LogP contribution in [0.4, 0.5) is 0 Å². The van der Waals surface area contributed by atoms with E-state index in [0.29, 0.717) is 6.54 Å². The molecule has 0 saturated carbocycles. The highest BCUT2D eigenvalue weighted by Gasteiger charge is 2.28. The van der Waals surface area contributed by atoms with Crippen LogP contribution in [0.15, 0.2) is 15.2 Å². The number of rotatable bonds is 4. The highest BCUT2D eigenvalue weighted by molar-refractivity contribution is 9.11. The largest absolute Gasteiger partial charge is 0.347 e. The lowest BCUT2D eigenvalue weighted by atomic mass is 10.0. The summed E-state index contributed by atoms with van der Waals surface area (Å²) in [5.74, 6) is 0.0850. The minimum absolute atomic E-state index is 0. The Kier molecular flexibility index (Phi) is 6.69. The van der Waals surface area contributed by atoms with Crippen LogP contribution >= 0.6 is 39.7 Å². The number of nitrogens with zero attached hydrogens (tertiary/aromatic N) is 1. The molecule has 6 heteroatoms. The van der Waals surface area contributed by atoms with Gasteiger partial charge in [-0.25, -0.2) is 0 Å². The molecule has 0 aliphatic rings. The predicted octanol–water partition coefficient (Wildman–Crippen LogP) is 2.89. The Morgan fingerprint density at radius 3 is 2.53 bits per heavy atom. The molecule has 0 aliphatic heterocycles. The minimum Gasteiger partial charge on any atom is -0.347 e. The molecule has 0 fully saturated rings. The molecule has 0 radical (unpaired) electrons. The molecule has 0 bridgehead atoms. The van der Waals surface area contributed by atoms with Crippen LogP contribution in [0, 0.1) is 0 Å². The van der Waals surface area contributed by atoms with Gasteiger partial charge in [-0.1, -0.05) is 0 Å². The standard InChI is InChI=1S/C11H17BrN2OS.ClH/c1-11(2,10(15)14(3)4)13-6-8-5-9(12)16-7-8;/h5,7,13H,6H2,1-4H3;1H. The van der Waals surface area contributed by atoms with E-state index >= 15 is 0 Å². The fourth-order valence-electron chi connectivity index (χ4n) is 1.40. The van der Waals surface area contributed by atoms with E-state index in [4.69, 9.17) is 0 Å². The molecule has 1 aromatic heterocycles. The number of likely N-dealkylation sites (N-methyl/N-ethyl adjacent to an activating group) is 1. The Hall–Kier alpha value is -0.100. The van der Waals surface area contributed by atoms with Crippen LogP contribution in [0.5, 0.6) is 0 Å².